The largest absolute Gasteiger partial charge is 0.494 e. The van der Waals surface area contributed by atoms with Gasteiger partial charge < -0.3 is 9.30 Å². The zero-order chi connectivity index (χ0) is 13.1. The molecule has 0 radical (unpaired) electrons. The summed E-state index contributed by atoms with van der Waals surface area (Å²) >= 11 is 0. The summed E-state index contributed by atoms with van der Waals surface area (Å²) in [6, 6.07) is 5.93. The summed E-state index contributed by atoms with van der Waals surface area (Å²) in [4.78, 5) is 11.2. The lowest BCUT2D eigenvalue weighted by Gasteiger charge is -2.05. The highest BCUT2D eigenvalue weighted by atomic mass is 16.5. The minimum atomic E-state index is 0.726. The standard InChI is InChI=1S/C15H19NO2/c1-4-5-8-18-12-6-7-15-13(9-12)14(10-17)11(2)16(15)3/h6-7,9-10H,4-5,8H2,1-3H3. The summed E-state index contributed by atoms with van der Waals surface area (Å²) in [5.74, 6) is 0.838. The molecule has 0 aliphatic heterocycles. The van der Waals surface area contributed by atoms with Crippen molar-refractivity contribution in [2.24, 2.45) is 7.05 Å². The van der Waals surface area contributed by atoms with Gasteiger partial charge in [0.2, 0.25) is 0 Å². The van der Waals surface area contributed by atoms with Crippen molar-refractivity contribution in [2.75, 3.05) is 6.61 Å². The molecule has 0 aliphatic rings. The van der Waals surface area contributed by atoms with E-state index in [1.807, 2.05) is 36.7 Å². The topological polar surface area (TPSA) is 31.2 Å². The van der Waals surface area contributed by atoms with Gasteiger partial charge in [-0.3, -0.25) is 4.79 Å². The van der Waals surface area contributed by atoms with E-state index >= 15 is 0 Å². The third kappa shape index (κ3) is 2.13. The number of hydrogen-bond donors (Lipinski definition) is 0. The zero-order valence-corrected chi connectivity index (χ0v) is 11.2. The van der Waals surface area contributed by atoms with Crippen LogP contribution in [-0.4, -0.2) is 17.5 Å². The van der Waals surface area contributed by atoms with Gasteiger partial charge in [-0.2, -0.15) is 0 Å². The van der Waals surface area contributed by atoms with Crippen molar-refractivity contribution in [1.29, 1.82) is 0 Å². The molecular formula is C15H19NO2. The van der Waals surface area contributed by atoms with Crippen LogP contribution in [0, 0.1) is 6.92 Å². The van der Waals surface area contributed by atoms with Crippen LogP contribution in [0.4, 0.5) is 0 Å². The molecule has 0 aliphatic carbocycles. The molecule has 2 aromatic rings. The first-order chi connectivity index (χ1) is 8.69. The van der Waals surface area contributed by atoms with Crippen LogP contribution in [0.3, 0.4) is 0 Å². The minimum absolute atomic E-state index is 0.726. The van der Waals surface area contributed by atoms with E-state index in [2.05, 4.69) is 6.92 Å². The highest BCUT2D eigenvalue weighted by molar-refractivity contribution is 5.99. The summed E-state index contributed by atoms with van der Waals surface area (Å²) in [5.41, 5.74) is 2.82. The first kappa shape index (κ1) is 12.7. The molecule has 1 aromatic carbocycles. The predicted octanol–water partition coefficient (Wildman–Crippen LogP) is 3.48. The molecule has 1 heterocycles. The molecule has 3 heteroatoms. The normalized spacial score (nSPS) is 10.8. The number of ether oxygens (including phenoxy) is 1. The monoisotopic (exact) mass is 245 g/mol. The van der Waals surface area contributed by atoms with Gasteiger partial charge in [0, 0.05) is 29.2 Å². The summed E-state index contributed by atoms with van der Waals surface area (Å²) in [6.07, 6.45) is 3.09. The van der Waals surface area contributed by atoms with Crippen LogP contribution >= 0.6 is 0 Å². The van der Waals surface area contributed by atoms with Crippen molar-refractivity contribution in [1.82, 2.24) is 4.57 Å². The number of carbonyl (C=O) groups excluding carboxylic acids is 1. The number of aryl methyl sites for hydroxylation is 1. The fraction of sp³-hybridized carbons (Fsp3) is 0.400. The van der Waals surface area contributed by atoms with Gasteiger partial charge in [-0.15, -0.1) is 0 Å². The lowest BCUT2D eigenvalue weighted by atomic mass is 10.1. The van der Waals surface area contributed by atoms with Crippen LogP contribution in [0.25, 0.3) is 10.9 Å². The van der Waals surface area contributed by atoms with Gasteiger partial charge in [0.25, 0.3) is 0 Å². The van der Waals surface area contributed by atoms with Crippen LogP contribution in [0.5, 0.6) is 5.75 Å². The third-order valence-electron chi connectivity index (χ3n) is 3.40. The van der Waals surface area contributed by atoms with Crippen molar-refractivity contribution in [3.8, 4) is 5.75 Å². The van der Waals surface area contributed by atoms with Crippen molar-refractivity contribution < 1.29 is 9.53 Å². The van der Waals surface area contributed by atoms with Gasteiger partial charge >= 0.3 is 0 Å². The Morgan fingerprint density at radius 2 is 2.17 bits per heavy atom. The van der Waals surface area contributed by atoms with Gasteiger partial charge in [-0.1, -0.05) is 13.3 Å². The number of unbranched alkanes of at least 4 members (excludes halogenated alkanes) is 1. The molecule has 0 bridgehead atoms. The van der Waals surface area contributed by atoms with Gasteiger partial charge in [0.05, 0.1) is 6.61 Å². The molecular weight excluding hydrogens is 226 g/mol. The zero-order valence-electron chi connectivity index (χ0n) is 11.2. The predicted molar refractivity (Wildman–Crippen MR) is 73.4 cm³/mol. The van der Waals surface area contributed by atoms with Gasteiger partial charge in [0.15, 0.2) is 6.29 Å². The Balaban J connectivity index is 2.40. The fourth-order valence-electron chi connectivity index (χ4n) is 2.15. The first-order valence-electron chi connectivity index (χ1n) is 6.36. The maximum Gasteiger partial charge on any atom is 0.152 e. The van der Waals surface area contributed by atoms with Crippen molar-refractivity contribution in [3.05, 3.63) is 29.5 Å². The van der Waals surface area contributed by atoms with E-state index in [1.165, 1.54) is 0 Å². The number of carbonyl (C=O) groups is 1. The van der Waals surface area contributed by atoms with Gasteiger partial charge in [-0.25, -0.2) is 0 Å². The number of aldehydes is 1. The van der Waals surface area contributed by atoms with Crippen LogP contribution in [0.15, 0.2) is 18.2 Å². The number of rotatable bonds is 5. The minimum Gasteiger partial charge on any atom is -0.494 e. The van der Waals surface area contributed by atoms with E-state index in [-0.39, 0.29) is 0 Å². The summed E-state index contributed by atoms with van der Waals surface area (Å²) in [6.45, 7) is 4.82. The number of fused-ring (bicyclic) bond motifs is 1. The molecule has 1 aromatic heterocycles. The second kappa shape index (κ2) is 5.25. The van der Waals surface area contributed by atoms with E-state index in [1.54, 1.807) is 0 Å². The van der Waals surface area contributed by atoms with Crippen molar-refractivity contribution >= 4 is 17.2 Å². The number of benzene rings is 1. The van der Waals surface area contributed by atoms with E-state index in [4.69, 9.17) is 4.74 Å². The maximum absolute atomic E-state index is 11.2. The van der Waals surface area contributed by atoms with E-state index in [0.717, 1.165) is 53.6 Å². The first-order valence-corrected chi connectivity index (χ1v) is 6.36. The smallest absolute Gasteiger partial charge is 0.152 e. The average Bonchev–Trinajstić information content (AvgIpc) is 2.62. The Morgan fingerprint density at radius 3 is 2.83 bits per heavy atom. The van der Waals surface area contributed by atoms with E-state index in [9.17, 15) is 4.79 Å². The third-order valence-corrected chi connectivity index (χ3v) is 3.40. The SMILES string of the molecule is CCCCOc1ccc2c(c1)c(C=O)c(C)n2C. The second-order valence-electron chi connectivity index (χ2n) is 4.56. The molecule has 0 unspecified atom stereocenters. The lowest BCUT2D eigenvalue weighted by molar-refractivity contribution is 0.112. The van der Waals surface area contributed by atoms with Gasteiger partial charge in [0.1, 0.15) is 5.75 Å². The van der Waals surface area contributed by atoms with Crippen LogP contribution < -0.4 is 4.74 Å². The lowest BCUT2D eigenvalue weighted by Crippen LogP contribution is -1.96. The molecule has 0 atom stereocenters. The quantitative estimate of drug-likeness (QED) is 0.596. The molecule has 3 nitrogen and oxygen atoms in total. The summed E-state index contributed by atoms with van der Waals surface area (Å²) < 4.78 is 7.71. The average molecular weight is 245 g/mol. The van der Waals surface area contributed by atoms with Crippen LogP contribution in [0.2, 0.25) is 0 Å². The Bertz CT molecular complexity index is 569. The molecule has 96 valence electrons. The molecule has 18 heavy (non-hydrogen) atoms. The molecule has 0 saturated carbocycles. The molecule has 0 fully saturated rings. The summed E-state index contributed by atoms with van der Waals surface area (Å²) in [5, 5.41) is 0.971. The Kier molecular flexibility index (Phi) is 3.70. The number of aromatic nitrogens is 1. The van der Waals surface area contributed by atoms with Crippen LogP contribution in [0.1, 0.15) is 35.8 Å². The molecule has 0 spiro atoms. The summed E-state index contributed by atoms with van der Waals surface area (Å²) in [7, 11) is 1.97. The fourth-order valence-corrected chi connectivity index (χ4v) is 2.15. The highest BCUT2D eigenvalue weighted by Gasteiger charge is 2.11. The highest BCUT2D eigenvalue weighted by Crippen LogP contribution is 2.27. The molecule has 2 rings (SSSR count). The Labute approximate surface area is 107 Å². The number of hydrogen-bond acceptors (Lipinski definition) is 2. The van der Waals surface area contributed by atoms with Crippen LogP contribution in [-0.2, 0) is 7.05 Å². The molecule has 0 N–H and O–H groups in total. The number of nitrogens with zero attached hydrogens (tertiary/aromatic N) is 1. The van der Waals surface area contributed by atoms with E-state index in [0.29, 0.717) is 0 Å². The Hall–Kier alpha value is -1.77. The van der Waals surface area contributed by atoms with Gasteiger partial charge in [-0.05, 0) is 31.5 Å². The van der Waals surface area contributed by atoms with E-state index < -0.39 is 0 Å². The maximum atomic E-state index is 11.2. The molecule has 0 saturated heterocycles. The van der Waals surface area contributed by atoms with Crippen molar-refractivity contribution in [2.45, 2.75) is 26.7 Å². The molecule has 0 amide bonds. The Morgan fingerprint density at radius 1 is 1.39 bits per heavy atom. The second-order valence-corrected chi connectivity index (χ2v) is 4.56. The van der Waals surface area contributed by atoms with Crippen molar-refractivity contribution in [3.63, 3.8) is 0 Å².